The number of nitrogens with zero attached hydrogens (tertiary/aromatic N) is 2. The first-order valence-corrected chi connectivity index (χ1v) is 5.99. The fourth-order valence-corrected chi connectivity index (χ4v) is 1.83. The minimum Gasteiger partial charge on any atom is -0.326 e. The van der Waals surface area contributed by atoms with Gasteiger partial charge in [-0.2, -0.15) is 5.10 Å². The molecule has 0 aliphatic carbocycles. The van der Waals surface area contributed by atoms with E-state index in [1.807, 2.05) is 37.5 Å². The van der Waals surface area contributed by atoms with Crippen LogP contribution in [-0.2, 0) is 20.0 Å². The Balaban J connectivity index is 1.94. The Labute approximate surface area is 106 Å². The van der Waals surface area contributed by atoms with E-state index in [1.54, 1.807) is 10.9 Å². The summed E-state index contributed by atoms with van der Waals surface area (Å²) in [6, 6.07) is 7.48. The second kappa shape index (κ2) is 5.60. The lowest BCUT2D eigenvalue weighted by molar-refractivity contribution is 0.0983. The first-order valence-electron chi connectivity index (χ1n) is 5.99. The molecule has 2 N–H and O–H groups in total. The third-order valence-electron chi connectivity index (χ3n) is 2.91. The molecule has 0 saturated heterocycles. The first kappa shape index (κ1) is 12.5. The number of hydrogen-bond acceptors (Lipinski definition) is 3. The first-order chi connectivity index (χ1) is 8.69. The molecular formula is C14H17N3O. The van der Waals surface area contributed by atoms with Gasteiger partial charge in [0.1, 0.15) is 0 Å². The van der Waals surface area contributed by atoms with Gasteiger partial charge in [0.05, 0.1) is 6.20 Å². The van der Waals surface area contributed by atoms with Crippen LogP contribution < -0.4 is 5.73 Å². The van der Waals surface area contributed by atoms with Crippen LogP contribution in [0.5, 0.6) is 0 Å². The highest BCUT2D eigenvalue weighted by Crippen LogP contribution is 2.09. The Morgan fingerprint density at radius 1 is 1.28 bits per heavy atom. The van der Waals surface area contributed by atoms with Crippen molar-refractivity contribution in [2.45, 2.75) is 19.4 Å². The number of nitrogens with two attached hydrogens (primary N) is 1. The number of aromatic nitrogens is 2. The summed E-state index contributed by atoms with van der Waals surface area (Å²) in [5.41, 5.74) is 8.39. The quantitative estimate of drug-likeness (QED) is 0.813. The second-order valence-corrected chi connectivity index (χ2v) is 4.35. The minimum atomic E-state index is 0.155. The Morgan fingerprint density at radius 3 is 2.56 bits per heavy atom. The van der Waals surface area contributed by atoms with Crippen molar-refractivity contribution in [2.75, 3.05) is 0 Å². The van der Waals surface area contributed by atoms with Gasteiger partial charge in [-0.15, -0.1) is 0 Å². The number of carbonyl (C=O) groups excluding carboxylic acids is 1. The van der Waals surface area contributed by atoms with Crippen molar-refractivity contribution < 1.29 is 4.79 Å². The predicted octanol–water partition coefficient (Wildman–Crippen LogP) is 1.69. The molecule has 0 fully saturated rings. The molecule has 0 radical (unpaired) electrons. The second-order valence-electron chi connectivity index (χ2n) is 4.35. The van der Waals surface area contributed by atoms with Crippen LogP contribution in [0.4, 0.5) is 0 Å². The number of benzene rings is 1. The Morgan fingerprint density at radius 2 is 2.00 bits per heavy atom. The lowest BCUT2D eigenvalue weighted by Gasteiger charge is -2.01. The van der Waals surface area contributed by atoms with E-state index in [9.17, 15) is 4.79 Å². The van der Waals surface area contributed by atoms with Crippen LogP contribution in [0.1, 0.15) is 27.9 Å². The topological polar surface area (TPSA) is 60.9 Å². The summed E-state index contributed by atoms with van der Waals surface area (Å²) in [7, 11) is 1.87. The average Bonchev–Trinajstić information content (AvgIpc) is 2.82. The highest BCUT2D eigenvalue weighted by Gasteiger charge is 2.06. The van der Waals surface area contributed by atoms with E-state index >= 15 is 0 Å². The molecule has 1 aromatic heterocycles. The molecule has 0 amide bonds. The molecule has 1 heterocycles. The van der Waals surface area contributed by atoms with Crippen LogP contribution in [0.15, 0.2) is 36.7 Å². The maximum atomic E-state index is 12.0. The van der Waals surface area contributed by atoms with E-state index in [1.165, 1.54) is 0 Å². The van der Waals surface area contributed by atoms with Gasteiger partial charge in [-0.05, 0) is 17.5 Å². The van der Waals surface area contributed by atoms with Gasteiger partial charge < -0.3 is 5.73 Å². The van der Waals surface area contributed by atoms with Gasteiger partial charge in [0.2, 0.25) is 0 Å². The van der Waals surface area contributed by atoms with E-state index in [2.05, 4.69) is 5.10 Å². The Bertz CT molecular complexity index is 528. The third-order valence-corrected chi connectivity index (χ3v) is 2.91. The predicted molar refractivity (Wildman–Crippen MR) is 70.2 cm³/mol. The van der Waals surface area contributed by atoms with E-state index in [4.69, 9.17) is 5.73 Å². The van der Waals surface area contributed by atoms with Crippen LogP contribution in [0, 0.1) is 0 Å². The van der Waals surface area contributed by atoms with Crippen molar-refractivity contribution in [3.63, 3.8) is 0 Å². The van der Waals surface area contributed by atoms with Gasteiger partial charge in [-0.1, -0.05) is 24.3 Å². The highest BCUT2D eigenvalue weighted by atomic mass is 16.1. The summed E-state index contributed by atoms with van der Waals surface area (Å²) >= 11 is 0. The zero-order valence-corrected chi connectivity index (χ0v) is 10.5. The number of ketones is 1. The average molecular weight is 243 g/mol. The molecule has 0 spiro atoms. The molecule has 1 aromatic carbocycles. The van der Waals surface area contributed by atoms with Gasteiger partial charge in [0, 0.05) is 31.8 Å². The van der Waals surface area contributed by atoms with Crippen molar-refractivity contribution in [2.24, 2.45) is 12.8 Å². The van der Waals surface area contributed by atoms with Crippen molar-refractivity contribution in [1.82, 2.24) is 9.78 Å². The van der Waals surface area contributed by atoms with Crippen LogP contribution in [0.2, 0.25) is 0 Å². The Kier molecular flexibility index (Phi) is 3.89. The van der Waals surface area contributed by atoms with Crippen LogP contribution in [0.3, 0.4) is 0 Å². The van der Waals surface area contributed by atoms with Crippen LogP contribution in [0.25, 0.3) is 0 Å². The highest BCUT2D eigenvalue weighted by molar-refractivity contribution is 5.96. The molecule has 0 saturated carbocycles. The molecule has 0 bridgehead atoms. The third kappa shape index (κ3) is 3.05. The summed E-state index contributed by atoms with van der Waals surface area (Å²) in [5, 5.41) is 4.08. The number of aryl methyl sites for hydroxylation is 2. The SMILES string of the molecule is Cn1cc(CCC(=O)c2ccc(CN)cc2)cn1. The van der Waals surface area contributed by atoms with Crippen LogP contribution >= 0.6 is 0 Å². The lowest BCUT2D eigenvalue weighted by atomic mass is 10.0. The zero-order valence-electron chi connectivity index (χ0n) is 10.5. The molecular weight excluding hydrogens is 226 g/mol. The van der Waals surface area contributed by atoms with E-state index in [0.717, 1.165) is 23.1 Å². The zero-order chi connectivity index (χ0) is 13.0. The molecule has 0 aliphatic rings. The van der Waals surface area contributed by atoms with Crippen LogP contribution in [-0.4, -0.2) is 15.6 Å². The van der Waals surface area contributed by atoms with E-state index < -0.39 is 0 Å². The van der Waals surface area contributed by atoms with Gasteiger partial charge in [-0.25, -0.2) is 0 Å². The Hall–Kier alpha value is -1.94. The molecule has 0 unspecified atom stereocenters. The van der Waals surface area contributed by atoms with Crippen molar-refractivity contribution >= 4 is 5.78 Å². The van der Waals surface area contributed by atoms with Gasteiger partial charge in [0.25, 0.3) is 0 Å². The molecule has 0 aliphatic heterocycles. The maximum absolute atomic E-state index is 12.0. The van der Waals surface area contributed by atoms with Gasteiger partial charge in [-0.3, -0.25) is 9.48 Å². The summed E-state index contributed by atoms with van der Waals surface area (Å²) in [6.07, 6.45) is 4.97. The van der Waals surface area contributed by atoms with Gasteiger partial charge >= 0.3 is 0 Å². The van der Waals surface area contributed by atoms with Crippen molar-refractivity contribution in [1.29, 1.82) is 0 Å². The number of rotatable bonds is 5. The van der Waals surface area contributed by atoms with E-state index in [0.29, 0.717) is 13.0 Å². The summed E-state index contributed by atoms with van der Waals surface area (Å²) < 4.78 is 1.75. The monoisotopic (exact) mass is 243 g/mol. The normalized spacial score (nSPS) is 10.6. The molecule has 18 heavy (non-hydrogen) atoms. The number of carbonyl (C=O) groups is 1. The fourth-order valence-electron chi connectivity index (χ4n) is 1.83. The fraction of sp³-hybridized carbons (Fsp3) is 0.286. The number of Topliss-reactive ketones (excluding diaryl/α,β-unsaturated/α-hetero) is 1. The summed E-state index contributed by atoms with van der Waals surface area (Å²) in [6.45, 7) is 0.504. The summed E-state index contributed by atoms with van der Waals surface area (Å²) in [5.74, 6) is 0.155. The standard InChI is InChI=1S/C14H17N3O/c1-17-10-12(9-16-17)4-7-14(18)13-5-2-11(8-15)3-6-13/h2-3,5-6,9-10H,4,7-8,15H2,1H3. The largest absolute Gasteiger partial charge is 0.326 e. The lowest BCUT2D eigenvalue weighted by Crippen LogP contribution is -2.02. The maximum Gasteiger partial charge on any atom is 0.163 e. The van der Waals surface area contributed by atoms with Gasteiger partial charge in [0.15, 0.2) is 5.78 Å². The molecule has 4 nitrogen and oxygen atoms in total. The molecule has 2 rings (SSSR count). The molecule has 0 atom stereocenters. The smallest absolute Gasteiger partial charge is 0.163 e. The van der Waals surface area contributed by atoms with Crippen molar-refractivity contribution in [3.05, 3.63) is 53.3 Å². The number of hydrogen-bond donors (Lipinski definition) is 1. The molecule has 2 aromatic rings. The van der Waals surface area contributed by atoms with Crippen molar-refractivity contribution in [3.8, 4) is 0 Å². The summed E-state index contributed by atoms with van der Waals surface area (Å²) in [4.78, 5) is 12.0. The minimum absolute atomic E-state index is 0.155. The van der Waals surface area contributed by atoms with E-state index in [-0.39, 0.29) is 5.78 Å². The molecule has 4 heteroatoms. The molecule has 94 valence electrons.